The summed E-state index contributed by atoms with van der Waals surface area (Å²) in [6, 6.07) is 0. The van der Waals surface area contributed by atoms with E-state index in [0.717, 1.165) is 24.5 Å². The van der Waals surface area contributed by atoms with E-state index in [9.17, 15) is 0 Å². The van der Waals surface area contributed by atoms with Gasteiger partial charge in [-0.3, -0.25) is 0 Å². The summed E-state index contributed by atoms with van der Waals surface area (Å²) in [6.07, 6.45) is 11.7. The molecule has 92 valence electrons. The second kappa shape index (κ2) is 5.66. The molecule has 0 fully saturated rings. The Kier molecular flexibility index (Phi) is 3.96. The largest absolute Gasteiger partial charge is 0.337 e. The molecule has 0 aliphatic rings. The Hall–Kier alpha value is -1.58. The molecule has 0 aromatic carbocycles. The molecule has 0 N–H and O–H groups in total. The van der Waals surface area contributed by atoms with Crippen molar-refractivity contribution < 1.29 is 0 Å². The highest BCUT2D eigenvalue weighted by Crippen LogP contribution is 2.03. The summed E-state index contributed by atoms with van der Waals surface area (Å²) in [4.78, 5) is 8.43. The van der Waals surface area contributed by atoms with Crippen LogP contribution in [0.2, 0.25) is 0 Å². The van der Waals surface area contributed by atoms with Gasteiger partial charge in [-0.15, -0.1) is 0 Å². The predicted octanol–water partition coefficient (Wildman–Crippen LogP) is 2.57. The maximum atomic E-state index is 4.22. The van der Waals surface area contributed by atoms with E-state index in [4.69, 9.17) is 0 Å². The molecule has 2 heterocycles. The molecule has 2 rings (SSSR count). The summed E-state index contributed by atoms with van der Waals surface area (Å²) in [7, 11) is 0. The summed E-state index contributed by atoms with van der Waals surface area (Å²) in [5.74, 6) is 0. The summed E-state index contributed by atoms with van der Waals surface area (Å²) < 4.78 is 4.33. The minimum Gasteiger partial charge on any atom is -0.337 e. The van der Waals surface area contributed by atoms with Crippen LogP contribution in [0, 0.1) is 13.8 Å². The van der Waals surface area contributed by atoms with Crippen molar-refractivity contribution in [3.8, 4) is 0 Å². The van der Waals surface area contributed by atoms with E-state index >= 15 is 0 Å². The van der Waals surface area contributed by atoms with Gasteiger partial charge in [0.1, 0.15) is 0 Å². The summed E-state index contributed by atoms with van der Waals surface area (Å²) in [5.41, 5.74) is 2.19. The van der Waals surface area contributed by atoms with Gasteiger partial charge in [-0.1, -0.05) is 0 Å². The van der Waals surface area contributed by atoms with Crippen molar-refractivity contribution in [3.05, 3.63) is 36.4 Å². The van der Waals surface area contributed by atoms with Crippen LogP contribution in [0.1, 0.15) is 30.7 Å². The molecule has 0 radical (unpaired) electrons. The molecule has 0 unspecified atom stereocenters. The number of imidazole rings is 2. The Morgan fingerprint density at radius 2 is 1.29 bits per heavy atom. The standard InChI is InChI=1S/C13H20N4/c1-12-8-16(10-14-12)6-4-3-5-7-17-9-13(2)15-11-17/h8-11H,3-7H2,1-2H3. The first-order chi connectivity index (χ1) is 8.24. The SMILES string of the molecule is Cc1cn(CCCCCn2cnc(C)c2)cn1. The van der Waals surface area contributed by atoms with E-state index in [2.05, 4.69) is 31.5 Å². The minimum atomic E-state index is 1.07. The lowest BCUT2D eigenvalue weighted by Crippen LogP contribution is -1.97. The molecule has 0 atom stereocenters. The van der Waals surface area contributed by atoms with Gasteiger partial charge in [0.05, 0.1) is 24.0 Å². The van der Waals surface area contributed by atoms with Crippen LogP contribution in [0.25, 0.3) is 0 Å². The smallest absolute Gasteiger partial charge is 0.0949 e. The number of aryl methyl sites for hydroxylation is 4. The highest BCUT2D eigenvalue weighted by atomic mass is 15.0. The van der Waals surface area contributed by atoms with Crippen LogP contribution in [0.4, 0.5) is 0 Å². The van der Waals surface area contributed by atoms with Crippen LogP contribution in [0.5, 0.6) is 0 Å². The van der Waals surface area contributed by atoms with Gasteiger partial charge in [0.2, 0.25) is 0 Å². The maximum Gasteiger partial charge on any atom is 0.0949 e. The molecule has 17 heavy (non-hydrogen) atoms. The average Bonchev–Trinajstić information content (AvgIpc) is 2.88. The lowest BCUT2D eigenvalue weighted by atomic mass is 10.2. The van der Waals surface area contributed by atoms with Crippen molar-refractivity contribution in [1.82, 2.24) is 19.1 Å². The fourth-order valence-electron chi connectivity index (χ4n) is 1.95. The first-order valence-corrected chi connectivity index (χ1v) is 6.21. The van der Waals surface area contributed by atoms with E-state index in [-0.39, 0.29) is 0 Å². The Balaban J connectivity index is 1.60. The third kappa shape index (κ3) is 3.73. The highest BCUT2D eigenvalue weighted by molar-refractivity contribution is 4.92. The van der Waals surface area contributed by atoms with E-state index in [1.54, 1.807) is 0 Å². The molecule has 4 heteroatoms. The number of hydrogen-bond acceptors (Lipinski definition) is 2. The van der Waals surface area contributed by atoms with Gasteiger partial charge in [0, 0.05) is 25.5 Å². The molecular formula is C13H20N4. The van der Waals surface area contributed by atoms with Gasteiger partial charge in [0.25, 0.3) is 0 Å². The van der Waals surface area contributed by atoms with Gasteiger partial charge in [-0.2, -0.15) is 0 Å². The maximum absolute atomic E-state index is 4.22. The topological polar surface area (TPSA) is 35.6 Å². The van der Waals surface area contributed by atoms with Crippen molar-refractivity contribution in [2.24, 2.45) is 0 Å². The van der Waals surface area contributed by atoms with Gasteiger partial charge in [-0.05, 0) is 33.1 Å². The van der Waals surface area contributed by atoms with Crippen LogP contribution in [-0.2, 0) is 13.1 Å². The monoisotopic (exact) mass is 232 g/mol. The van der Waals surface area contributed by atoms with Crippen molar-refractivity contribution >= 4 is 0 Å². The van der Waals surface area contributed by atoms with Gasteiger partial charge in [0.15, 0.2) is 0 Å². The zero-order valence-corrected chi connectivity index (χ0v) is 10.6. The van der Waals surface area contributed by atoms with Crippen molar-refractivity contribution in [2.75, 3.05) is 0 Å². The number of aromatic nitrogens is 4. The molecule has 0 amide bonds. The second-order valence-electron chi connectivity index (χ2n) is 4.57. The fraction of sp³-hybridized carbons (Fsp3) is 0.538. The molecular weight excluding hydrogens is 212 g/mol. The Bertz CT molecular complexity index is 413. The van der Waals surface area contributed by atoms with Gasteiger partial charge < -0.3 is 9.13 Å². The van der Waals surface area contributed by atoms with E-state index in [1.165, 1.54) is 19.3 Å². The highest BCUT2D eigenvalue weighted by Gasteiger charge is 1.96. The zero-order chi connectivity index (χ0) is 12.1. The molecule has 2 aromatic rings. The molecule has 0 saturated heterocycles. The average molecular weight is 232 g/mol. The van der Waals surface area contributed by atoms with Crippen molar-refractivity contribution in [2.45, 2.75) is 46.2 Å². The van der Waals surface area contributed by atoms with Crippen molar-refractivity contribution in [1.29, 1.82) is 0 Å². The van der Waals surface area contributed by atoms with Crippen molar-refractivity contribution in [3.63, 3.8) is 0 Å². The van der Waals surface area contributed by atoms with Crippen LogP contribution in [0.3, 0.4) is 0 Å². The second-order valence-corrected chi connectivity index (χ2v) is 4.57. The molecule has 0 bridgehead atoms. The van der Waals surface area contributed by atoms with Crippen LogP contribution < -0.4 is 0 Å². The van der Waals surface area contributed by atoms with Gasteiger partial charge in [-0.25, -0.2) is 9.97 Å². The third-order valence-electron chi connectivity index (χ3n) is 2.86. The fourth-order valence-corrected chi connectivity index (χ4v) is 1.95. The Labute approximate surface area is 102 Å². The number of unbranched alkanes of at least 4 members (excludes halogenated alkanes) is 2. The Morgan fingerprint density at radius 1 is 0.824 bits per heavy atom. The molecule has 0 aliphatic heterocycles. The zero-order valence-electron chi connectivity index (χ0n) is 10.6. The van der Waals surface area contributed by atoms with Crippen LogP contribution in [-0.4, -0.2) is 19.1 Å². The number of hydrogen-bond donors (Lipinski definition) is 0. The summed E-state index contributed by atoms with van der Waals surface area (Å²) in [5, 5.41) is 0. The van der Waals surface area contributed by atoms with E-state index < -0.39 is 0 Å². The summed E-state index contributed by atoms with van der Waals surface area (Å²) in [6.45, 7) is 6.20. The van der Waals surface area contributed by atoms with Crippen LogP contribution in [0.15, 0.2) is 25.0 Å². The molecule has 0 spiro atoms. The minimum absolute atomic E-state index is 1.07. The number of rotatable bonds is 6. The first kappa shape index (κ1) is 11.9. The quantitative estimate of drug-likeness (QED) is 0.718. The van der Waals surface area contributed by atoms with Gasteiger partial charge >= 0.3 is 0 Å². The Morgan fingerprint density at radius 3 is 1.65 bits per heavy atom. The van der Waals surface area contributed by atoms with E-state index in [1.807, 2.05) is 26.5 Å². The van der Waals surface area contributed by atoms with Crippen LogP contribution >= 0.6 is 0 Å². The predicted molar refractivity (Wildman–Crippen MR) is 67.8 cm³/mol. The summed E-state index contributed by atoms with van der Waals surface area (Å²) >= 11 is 0. The number of nitrogens with zero attached hydrogens (tertiary/aromatic N) is 4. The first-order valence-electron chi connectivity index (χ1n) is 6.21. The molecule has 0 aliphatic carbocycles. The lowest BCUT2D eigenvalue weighted by molar-refractivity contribution is 0.545. The normalized spacial score (nSPS) is 10.9. The third-order valence-corrected chi connectivity index (χ3v) is 2.86. The molecule has 2 aromatic heterocycles. The lowest BCUT2D eigenvalue weighted by Gasteiger charge is -2.03. The molecule has 0 saturated carbocycles. The molecule has 4 nitrogen and oxygen atoms in total. The van der Waals surface area contributed by atoms with E-state index in [0.29, 0.717) is 0 Å².